The molecule has 2 unspecified atom stereocenters. The average molecular weight is 985 g/mol. The third-order valence-electron chi connectivity index (χ3n) is 12.7. The van der Waals surface area contributed by atoms with Gasteiger partial charge in [0.2, 0.25) is 0 Å². The molecule has 6 aromatic carbocycles. The Labute approximate surface area is 425 Å². The van der Waals surface area contributed by atoms with Gasteiger partial charge in [-0.25, -0.2) is 9.36 Å². The third kappa shape index (κ3) is 10.9. The second-order valence-electron chi connectivity index (χ2n) is 18.3. The first-order valence-electron chi connectivity index (χ1n) is 23.8. The van der Waals surface area contributed by atoms with E-state index in [1.54, 1.807) is 79.7 Å². The van der Waals surface area contributed by atoms with Crippen molar-refractivity contribution in [3.63, 3.8) is 0 Å². The highest BCUT2D eigenvalue weighted by Gasteiger charge is 2.41. The van der Waals surface area contributed by atoms with Crippen molar-refractivity contribution in [2.24, 2.45) is 0 Å². The maximum atomic E-state index is 15.1. The van der Waals surface area contributed by atoms with E-state index in [1.165, 1.54) is 18.8 Å². The van der Waals surface area contributed by atoms with Gasteiger partial charge in [0.25, 0.3) is 0 Å². The van der Waals surface area contributed by atoms with Crippen LogP contribution >= 0.6 is 0 Å². The molecular weight excluding hydrogens is 925 g/mol. The second kappa shape index (κ2) is 22.3. The van der Waals surface area contributed by atoms with E-state index in [2.05, 4.69) is 4.57 Å². The molecule has 2 aromatic heterocycles. The van der Waals surface area contributed by atoms with Gasteiger partial charge in [0.1, 0.15) is 58.3 Å². The number of fused-ring (bicyclic) bond motifs is 1. The molecule has 0 aliphatic rings. The quantitative estimate of drug-likeness (QED) is 0.0600. The molecule has 0 saturated heterocycles. The number of carbonyl (C=O) groups is 3. The summed E-state index contributed by atoms with van der Waals surface area (Å²) in [5, 5.41) is 0.601. The first kappa shape index (κ1) is 50.9. The minimum atomic E-state index is -1.14. The Morgan fingerprint density at radius 2 is 1.03 bits per heavy atom. The Morgan fingerprint density at radius 3 is 1.52 bits per heavy atom. The average Bonchev–Trinajstić information content (AvgIpc) is 3.96. The van der Waals surface area contributed by atoms with Crippen LogP contribution in [0, 0.1) is 0 Å². The number of nitrogens with zero attached hydrogens (tertiary/aromatic N) is 2. The van der Waals surface area contributed by atoms with Crippen LogP contribution in [0.5, 0.6) is 28.7 Å². The standard InChI is InChI=1S/C60H60N2O11/c1-60(2,3)73-59(65)62-36-48(47-16-13-17-49(54(47)62)72-37-39-14-11-10-12-15-39)53-50(40-20-28-44(67-5)29-21-40)55(51(57(63)70-8)41-22-30-45(68-6)31-23-41)61(35-34-38-18-26-43(66-4)27-19-38)56(53)52(58(64)71-9)42-24-32-46(69-7)33-25-42/h10-33,36,51-52H,34-35,37H2,1-9H3. The number of rotatable bonds is 18. The van der Waals surface area contributed by atoms with Crippen LogP contribution in [-0.2, 0) is 43.4 Å². The van der Waals surface area contributed by atoms with Crippen molar-refractivity contribution in [3.8, 4) is 51.0 Å². The molecule has 0 fully saturated rings. The Hall–Kier alpha value is -8.45. The molecule has 0 N–H and O–H groups in total. The molecule has 0 amide bonds. The zero-order valence-corrected chi connectivity index (χ0v) is 42.6. The van der Waals surface area contributed by atoms with E-state index in [4.69, 9.17) is 37.9 Å². The van der Waals surface area contributed by atoms with E-state index < -0.39 is 35.5 Å². The van der Waals surface area contributed by atoms with Crippen LogP contribution in [0.2, 0.25) is 0 Å². The molecule has 8 aromatic rings. The van der Waals surface area contributed by atoms with Gasteiger partial charge in [-0.05, 0) is 110 Å². The van der Waals surface area contributed by atoms with Gasteiger partial charge in [0.05, 0.1) is 42.7 Å². The monoisotopic (exact) mass is 984 g/mol. The number of methoxy groups -OCH3 is 6. The summed E-state index contributed by atoms with van der Waals surface area (Å²) >= 11 is 0. The molecule has 13 heteroatoms. The number of carbonyl (C=O) groups excluding carboxylic acids is 3. The molecule has 2 heterocycles. The number of hydrogen-bond donors (Lipinski definition) is 0. The van der Waals surface area contributed by atoms with E-state index in [1.807, 2.05) is 121 Å². The lowest BCUT2D eigenvalue weighted by atomic mass is 9.85. The molecular formula is C60H60N2O11. The van der Waals surface area contributed by atoms with Gasteiger partial charge in [-0.15, -0.1) is 0 Å². The summed E-state index contributed by atoms with van der Waals surface area (Å²) < 4.78 is 50.3. The van der Waals surface area contributed by atoms with Crippen LogP contribution in [0.25, 0.3) is 33.2 Å². The predicted octanol–water partition coefficient (Wildman–Crippen LogP) is 12.0. The Bertz CT molecular complexity index is 3190. The SMILES string of the molecule is COC(=O)C(c1ccc(OC)cc1)c1c(-c2ccc(OC)cc2)c(-c2cn(C(=O)OC(C)(C)C)c3c(OCc4ccccc4)cccc23)c(C(C(=O)OC)c2ccc(OC)cc2)n1CCc1ccc(OC)cc1. The van der Waals surface area contributed by atoms with Crippen molar-refractivity contribution in [2.75, 3.05) is 42.7 Å². The normalized spacial score (nSPS) is 12.1. The van der Waals surface area contributed by atoms with E-state index in [-0.39, 0.29) is 13.2 Å². The zero-order chi connectivity index (χ0) is 51.8. The Balaban J connectivity index is 1.58. The number of aromatic nitrogens is 2. The van der Waals surface area contributed by atoms with Crippen LogP contribution in [0.3, 0.4) is 0 Å². The molecule has 0 spiro atoms. The molecule has 2 atom stereocenters. The zero-order valence-electron chi connectivity index (χ0n) is 42.6. The minimum absolute atomic E-state index is 0.202. The van der Waals surface area contributed by atoms with Gasteiger partial charge in [-0.1, -0.05) is 91.0 Å². The lowest BCUT2D eigenvalue weighted by Crippen LogP contribution is -2.26. The summed E-state index contributed by atoms with van der Waals surface area (Å²) in [6.07, 6.45) is 1.52. The highest BCUT2D eigenvalue weighted by molar-refractivity contribution is 6.08. The second-order valence-corrected chi connectivity index (χ2v) is 18.3. The van der Waals surface area contributed by atoms with Crippen molar-refractivity contribution < 1.29 is 52.3 Å². The van der Waals surface area contributed by atoms with Crippen molar-refractivity contribution in [1.29, 1.82) is 0 Å². The molecule has 8 rings (SSSR count). The molecule has 0 aliphatic heterocycles. The van der Waals surface area contributed by atoms with E-state index >= 15 is 4.79 Å². The van der Waals surface area contributed by atoms with Gasteiger partial charge < -0.3 is 42.5 Å². The largest absolute Gasteiger partial charge is 0.497 e. The highest BCUT2D eigenvalue weighted by atomic mass is 16.6. The third-order valence-corrected chi connectivity index (χ3v) is 12.7. The summed E-state index contributed by atoms with van der Waals surface area (Å²) in [4.78, 5) is 44.9. The van der Waals surface area contributed by atoms with Crippen molar-refractivity contribution >= 4 is 28.9 Å². The van der Waals surface area contributed by atoms with Crippen molar-refractivity contribution in [1.82, 2.24) is 9.13 Å². The predicted molar refractivity (Wildman–Crippen MR) is 280 cm³/mol. The van der Waals surface area contributed by atoms with Gasteiger partial charge in [0, 0.05) is 46.2 Å². The van der Waals surface area contributed by atoms with Crippen LogP contribution in [0.15, 0.2) is 152 Å². The molecule has 0 radical (unpaired) electrons. The molecule has 0 aliphatic carbocycles. The van der Waals surface area contributed by atoms with Crippen LogP contribution in [0.1, 0.15) is 66.2 Å². The summed E-state index contributed by atoms with van der Waals surface area (Å²) in [6.45, 7) is 5.86. The number of para-hydroxylation sites is 1. The fraction of sp³-hybridized carbons (Fsp3) is 0.250. The molecule has 0 saturated carbocycles. The van der Waals surface area contributed by atoms with Crippen LogP contribution in [-0.4, -0.2) is 75.4 Å². The number of benzene rings is 6. The summed E-state index contributed by atoms with van der Waals surface area (Å²) in [7, 11) is 9.08. The number of aryl methyl sites for hydroxylation is 1. The molecule has 73 heavy (non-hydrogen) atoms. The smallest absolute Gasteiger partial charge is 0.419 e. The van der Waals surface area contributed by atoms with E-state index in [0.29, 0.717) is 90.8 Å². The fourth-order valence-electron chi connectivity index (χ4n) is 9.25. The fourth-order valence-corrected chi connectivity index (χ4v) is 9.25. The van der Waals surface area contributed by atoms with Gasteiger partial charge >= 0.3 is 18.0 Å². The van der Waals surface area contributed by atoms with E-state index in [9.17, 15) is 9.59 Å². The summed E-state index contributed by atoms with van der Waals surface area (Å²) in [5.41, 5.74) is 5.91. The Kier molecular flexibility index (Phi) is 15.6. The van der Waals surface area contributed by atoms with Crippen LogP contribution < -0.4 is 23.7 Å². The number of hydrogen-bond acceptors (Lipinski definition) is 11. The molecule has 0 bridgehead atoms. The number of esters is 2. The molecule has 13 nitrogen and oxygen atoms in total. The van der Waals surface area contributed by atoms with E-state index in [0.717, 1.165) is 11.1 Å². The van der Waals surface area contributed by atoms with Crippen molar-refractivity contribution in [2.45, 2.75) is 57.8 Å². The van der Waals surface area contributed by atoms with Crippen molar-refractivity contribution in [3.05, 3.63) is 185 Å². The van der Waals surface area contributed by atoms with Crippen LogP contribution in [0.4, 0.5) is 4.79 Å². The maximum absolute atomic E-state index is 15.1. The summed E-state index contributed by atoms with van der Waals surface area (Å²) in [5.74, 6) is -0.515. The Morgan fingerprint density at radius 1 is 0.534 bits per heavy atom. The maximum Gasteiger partial charge on any atom is 0.419 e. The first-order chi connectivity index (χ1) is 35.3. The highest BCUT2D eigenvalue weighted by Crippen LogP contribution is 2.52. The lowest BCUT2D eigenvalue weighted by molar-refractivity contribution is -0.142. The van der Waals surface area contributed by atoms with Gasteiger partial charge in [-0.2, -0.15) is 0 Å². The molecule has 376 valence electrons. The first-order valence-corrected chi connectivity index (χ1v) is 23.8. The number of ether oxygens (including phenoxy) is 8. The lowest BCUT2D eigenvalue weighted by Gasteiger charge is -2.24. The van der Waals surface area contributed by atoms with Gasteiger partial charge in [0.15, 0.2) is 0 Å². The topological polar surface area (TPSA) is 135 Å². The minimum Gasteiger partial charge on any atom is -0.497 e. The van der Waals surface area contributed by atoms with Gasteiger partial charge in [-0.3, -0.25) is 9.59 Å². The summed E-state index contributed by atoms with van der Waals surface area (Å²) in [6, 6.07) is 45.2.